The summed E-state index contributed by atoms with van der Waals surface area (Å²) >= 11 is 0. The summed E-state index contributed by atoms with van der Waals surface area (Å²) in [4.78, 5) is 31.8. The van der Waals surface area contributed by atoms with Crippen molar-refractivity contribution in [3.8, 4) is 0 Å². The number of nitrogens with zero attached hydrogens (tertiary/aromatic N) is 2. The van der Waals surface area contributed by atoms with Gasteiger partial charge in [0.05, 0.1) is 12.1 Å². The van der Waals surface area contributed by atoms with E-state index in [9.17, 15) is 9.59 Å². The van der Waals surface area contributed by atoms with E-state index >= 15 is 0 Å². The van der Waals surface area contributed by atoms with E-state index in [0.29, 0.717) is 38.4 Å². The van der Waals surface area contributed by atoms with Crippen molar-refractivity contribution in [3.05, 3.63) is 70.8 Å². The number of unbranched alkanes of at least 4 members (excludes halogenated alkanes) is 1. The Morgan fingerprint density at radius 1 is 0.786 bits per heavy atom. The van der Waals surface area contributed by atoms with Gasteiger partial charge in [-0.2, -0.15) is 0 Å². The zero-order valence-electron chi connectivity index (χ0n) is 26.2. The van der Waals surface area contributed by atoms with Crippen LogP contribution in [0.25, 0.3) is 0 Å². The predicted octanol–water partition coefficient (Wildman–Crippen LogP) is 2.92. The minimum atomic E-state index is -0.632. The molecule has 0 aliphatic carbocycles. The van der Waals surface area contributed by atoms with E-state index in [4.69, 9.17) is 17.2 Å². The van der Waals surface area contributed by atoms with Gasteiger partial charge in [0.2, 0.25) is 11.8 Å². The Labute approximate surface area is 253 Å². The molecule has 7 N–H and O–H groups in total. The third kappa shape index (κ3) is 10.2. The van der Waals surface area contributed by atoms with Gasteiger partial charge in [0.25, 0.3) is 0 Å². The predicted molar refractivity (Wildman–Crippen MR) is 172 cm³/mol. The molecule has 2 aromatic carbocycles. The SMILES string of the molecule is Cc1ccc(C[C@@H](N)C(=O)N2C[C@H](CCCCNCCN)N(C(=O)[C@H](N)Cc3ccc(C)cc3)C[C@H]2CC(C)C)cc1. The Hall–Kier alpha value is -2.78. The Balaban J connectivity index is 1.78. The third-order valence-electron chi connectivity index (χ3n) is 8.25. The van der Waals surface area contributed by atoms with Crippen LogP contribution >= 0.6 is 0 Å². The molecule has 1 saturated heterocycles. The third-order valence-corrected chi connectivity index (χ3v) is 8.25. The van der Waals surface area contributed by atoms with E-state index in [1.807, 2.05) is 47.9 Å². The number of carbonyl (C=O) groups is 2. The number of nitrogens with one attached hydrogen (secondary N) is 1. The first-order valence-corrected chi connectivity index (χ1v) is 15.7. The van der Waals surface area contributed by atoms with Gasteiger partial charge >= 0.3 is 0 Å². The van der Waals surface area contributed by atoms with E-state index in [1.54, 1.807) is 0 Å². The van der Waals surface area contributed by atoms with Crippen molar-refractivity contribution in [2.45, 2.75) is 90.4 Å². The summed E-state index contributed by atoms with van der Waals surface area (Å²) in [5.74, 6) is 0.292. The highest BCUT2D eigenvalue weighted by molar-refractivity contribution is 5.85. The standard InChI is InChI=1S/C34H54N6O2/c1-24(2)19-30-23-39(33(41)31(36)20-27-12-8-25(3)9-13-27)29(7-5-6-17-38-18-16-35)22-40(30)34(42)32(37)21-28-14-10-26(4)11-15-28/h8-15,24,29-32,38H,5-7,16-23,35-37H2,1-4H3/t29-,30+,31+,32+/m0/s1. The van der Waals surface area contributed by atoms with Crippen molar-refractivity contribution in [1.29, 1.82) is 0 Å². The zero-order chi connectivity index (χ0) is 30.6. The van der Waals surface area contributed by atoms with Gasteiger partial charge in [0.15, 0.2) is 0 Å². The molecule has 1 heterocycles. The summed E-state index contributed by atoms with van der Waals surface area (Å²) in [5, 5.41) is 3.35. The van der Waals surface area contributed by atoms with E-state index in [2.05, 4.69) is 43.4 Å². The Morgan fingerprint density at radius 2 is 1.26 bits per heavy atom. The molecule has 0 spiro atoms. The van der Waals surface area contributed by atoms with Gasteiger partial charge < -0.3 is 32.3 Å². The normalized spacial score (nSPS) is 18.8. The Kier molecular flexibility index (Phi) is 13.4. The van der Waals surface area contributed by atoms with Crippen LogP contribution in [0.2, 0.25) is 0 Å². The van der Waals surface area contributed by atoms with Crippen LogP contribution in [-0.4, -0.2) is 78.5 Å². The molecule has 232 valence electrons. The van der Waals surface area contributed by atoms with Crippen molar-refractivity contribution >= 4 is 11.8 Å². The van der Waals surface area contributed by atoms with Crippen LogP contribution in [-0.2, 0) is 22.4 Å². The second-order valence-electron chi connectivity index (χ2n) is 12.5. The summed E-state index contributed by atoms with van der Waals surface area (Å²) in [6.07, 6.45) is 4.50. The number of piperazine rings is 1. The van der Waals surface area contributed by atoms with Crippen LogP contribution in [0.5, 0.6) is 0 Å². The topological polar surface area (TPSA) is 131 Å². The number of hydrogen-bond donors (Lipinski definition) is 4. The molecule has 0 radical (unpaired) electrons. The maximum absolute atomic E-state index is 13.9. The Bertz CT molecular complexity index is 1100. The second-order valence-corrected chi connectivity index (χ2v) is 12.5. The number of rotatable bonds is 15. The molecular formula is C34H54N6O2. The first-order chi connectivity index (χ1) is 20.1. The zero-order valence-corrected chi connectivity index (χ0v) is 26.2. The number of nitrogens with two attached hydrogens (primary N) is 3. The molecule has 0 bridgehead atoms. The van der Waals surface area contributed by atoms with E-state index in [0.717, 1.165) is 49.9 Å². The first kappa shape index (κ1) is 33.7. The summed E-state index contributed by atoms with van der Waals surface area (Å²) in [7, 11) is 0. The van der Waals surface area contributed by atoms with Crippen LogP contribution in [0.1, 0.15) is 61.8 Å². The molecule has 1 aliphatic rings. The van der Waals surface area contributed by atoms with Gasteiger partial charge in [-0.05, 0) is 69.5 Å². The van der Waals surface area contributed by atoms with E-state index in [-0.39, 0.29) is 23.9 Å². The van der Waals surface area contributed by atoms with Crippen LogP contribution in [0.3, 0.4) is 0 Å². The molecule has 0 aromatic heterocycles. The maximum Gasteiger partial charge on any atom is 0.240 e. The highest BCUT2D eigenvalue weighted by Crippen LogP contribution is 2.26. The molecule has 1 fully saturated rings. The van der Waals surface area contributed by atoms with Crippen LogP contribution < -0.4 is 22.5 Å². The fraction of sp³-hybridized carbons (Fsp3) is 0.588. The maximum atomic E-state index is 13.9. The highest BCUT2D eigenvalue weighted by Gasteiger charge is 2.40. The average molecular weight is 579 g/mol. The number of hydrogen-bond acceptors (Lipinski definition) is 6. The molecule has 3 rings (SSSR count). The summed E-state index contributed by atoms with van der Waals surface area (Å²) < 4.78 is 0. The lowest BCUT2D eigenvalue weighted by molar-refractivity contribution is -0.149. The largest absolute Gasteiger partial charge is 0.335 e. The monoisotopic (exact) mass is 578 g/mol. The van der Waals surface area contributed by atoms with Gasteiger partial charge in [-0.15, -0.1) is 0 Å². The van der Waals surface area contributed by atoms with Crippen LogP contribution in [0, 0.1) is 19.8 Å². The van der Waals surface area contributed by atoms with Gasteiger partial charge in [0.1, 0.15) is 0 Å². The molecule has 0 unspecified atom stereocenters. The minimum Gasteiger partial charge on any atom is -0.335 e. The number of benzene rings is 2. The number of aryl methyl sites for hydroxylation is 2. The van der Waals surface area contributed by atoms with Crippen molar-refractivity contribution < 1.29 is 9.59 Å². The quantitative estimate of drug-likeness (QED) is 0.241. The van der Waals surface area contributed by atoms with Gasteiger partial charge in [-0.3, -0.25) is 9.59 Å². The summed E-state index contributed by atoms with van der Waals surface area (Å²) in [5.41, 5.74) is 23.2. The van der Waals surface area contributed by atoms with E-state index < -0.39 is 12.1 Å². The fourth-order valence-corrected chi connectivity index (χ4v) is 5.90. The molecule has 4 atom stereocenters. The molecule has 8 nitrogen and oxygen atoms in total. The fourth-order valence-electron chi connectivity index (χ4n) is 5.90. The molecule has 1 aliphatic heterocycles. The van der Waals surface area contributed by atoms with Gasteiger partial charge in [0, 0.05) is 38.3 Å². The lowest BCUT2D eigenvalue weighted by atomic mass is 9.93. The van der Waals surface area contributed by atoms with Crippen molar-refractivity contribution in [2.75, 3.05) is 32.7 Å². The minimum absolute atomic E-state index is 0.0353. The van der Waals surface area contributed by atoms with Crippen molar-refractivity contribution in [2.24, 2.45) is 23.1 Å². The number of carbonyl (C=O) groups excluding carboxylic acids is 2. The smallest absolute Gasteiger partial charge is 0.240 e. The lowest BCUT2D eigenvalue weighted by Crippen LogP contribution is -2.65. The van der Waals surface area contributed by atoms with Crippen molar-refractivity contribution in [3.63, 3.8) is 0 Å². The molecule has 42 heavy (non-hydrogen) atoms. The van der Waals surface area contributed by atoms with Crippen LogP contribution in [0.4, 0.5) is 0 Å². The Morgan fingerprint density at radius 3 is 1.74 bits per heavy atom. The lowest BCUT2D eigenvalue weighted by Gasteiger charge is -2.48. The molecule has 8 heteroatoms. The van der Waals surface area contributed by atoms with Gasteiger partial charge in [-0.1, -0.05) is 79.9 Å². The van der Waals surface area contributed by atoms with E-state index in [1.165, 1.54) is 11.1 Å². The molecule has 2 aromatic rings. The highest BCUT2D eigenvalue weighted by atomic mass is 16.2. The second kappa shape index (κ2) is 16.8. The first-order valence-electron chi connectivity index (χ1n) is 15.7. The summed E-state index contributed by atoms with van der Waals surface area (Å²) in [6.45, 7) is 11.7. The van der Waals surface area contributed by atoms with Crippen molar-refractivity contribution in [1.82, 2.24) is 15.1 Å². The molecular weight excluding hydrogens is 524 g/mol. The molecule has 2 amide bonds. The number of amides is 2. The summed E-state index contributed by atoms with van der Waals surface area (Å²) in [6, 6.07) is 14.9. The van der Waals surface area contributed by atoms with Crippen LogP contribution in [0.15, 0.2) is 48.5 Å². The average Bonchev–Trinajstić information content (AvgIpc) is 2.96. The molecule has 0 saturated carbocycles. The van der Waals surface area contributed by atoms with Gasteiger partial charge in [-0.25, -0.2) is 0 Å².